The van der Waals surface area contributed by atoms with Gasteiger partial charge in [0.2, 0.25) is 0 Å². The monoisotopic (exact) mass is 218 g/mol. The van der Waals surface area contributed by atoms with Gasteiger partial charge in [-0.3, -0.25) is 0 Å². The zero-order valence-corrected chi connectivity index (χ0v) is 8.58. The van der Waals surface area contributed by atoms with Crippen molar-refractivity contribution in [3.05, 3.63) is 41.7 Å². The Balaban J connectivity index is 2.59. The summed E-state index contributed by atoms with van der Waals surface area (Å²) in [5, 5.41) is 22.4. The van der Waals surface area contributed by atoms with Crippen LogP contribution in [0.25, 0.3) is 5.69 Å². The highest BCUT2D eigenvalue weighted by atomic mass is 16.4. The molecule has 0 aliphatic rings. The minimum Gasteiger partial charge on any atom is -0.508 e. The van der Waals surface area contributed by atoms with E-state index >= 15 is 0 Å². The van der Waals surface area contributed by atoms with E-state index in [0.29, 0.717) is 11.4 Å². The van der Waals surface area contributed by atoms with Crippen LogP contribution in [0.15, 0.2) is 30.3 Å². The van der Waals surface area contributed by atoms with Crippen molar-refractivity contribution in [1.29, 1.82) is 0 Å². The standard InChI is InChI=1S/C11H10N2O3/c1-7-5-10(11(15)16)13(12-7)8-3-2-4-9(14)6-8/h2-6,14H,1H3,(H,15,16). The molecule has 0 saturated carbocycles. The molecule has 0 aliphatic heterocycles. The van der Waals surface area contributed by atoms with E-state index < -0.39 is 5.97 Å². The maximum absolute atomic E-state index is 11.0. The lowest BCUT2D eigenvalue weighted by molar-refractivity contribution is 0.0687. The number of aryl methyl sites for hydroxylation is 1. The molecule has 5 nitrogen and oxygen atoms in total. The second-order valence-corrected chi connectivity index (χ2v) is 3.41. The average Bonchev–Trinajstić information content (AvgIpc) is 2.60. The number of benzene rings is 1. The molecule has 0 bridgehead atoms. The van der Waals surface area contributed by atoms with Gasteiger partial charge in [-0.1, -0.05) is 6.07 Å². The molecule has 0 radical (unpaired) electrons. The molecule has 1 aromatic heterocycles. The van der Waals surface area contributed by atoms with Crippen molar-refractivity contribution in [1.82, 2.24) is 9.78 Å². The molecule has 0 amide bonds. The molecule has 0 saturated heterocycles. The third kappa shape index (κ3) is 1.75. The highest BCUT2D eigenvalue weighted by molar-refractivity contribution is 5.86. The van der Waals surface area contributed by atoms with Crippen LogP contribution in [0, 0.1) is 6.92 Å². The lowest BCUT2D eigenvalue weighted by atomic mass is 10.3. The number of carbonyl (C=O) groups is 1. The van der Waals surface area contributed by atoms with Crippen LogP contribution in [0.2, 0.25) is 0 Å². The van der Waals surface area contributed by atoms with Gasteiger partial charge in [-0.15, -0.1) is 0 Å². The molecular formula is C11H10N2O3. The van der Waals surface area contributed by atoms with Crippen LogP contribution in [0.5, 0.6) is 5.75 Å². The predicted molar refractivity (Wildman–Crippen MR) is 56.9 cm³/mol. The summed E-state index contributed by atoms with van der Waals surface area (Å²) in [6.07, 6.45) is 0. The molecule has 82 valence electrons. The minimum absolute atomic E-state index is 0.0713. The summed E-state index contributed by atoms with van der Waals surface area (Å²) in [4.78, 5) is 11.0. The first kappa shape index (κ1) is 10.2. The molecule has 0 spiro atoms. The first-order valence-electron chi connectivity index (χ1n) is 4.67. The van der Waals surface area contributed by atoms with Crippen LogP contribution in [0.1, 0.15) is 16.2 Å². The van der Waals surface area contributed by atoms with Crippen molar-refractivity contribution in [2.75, 3.05) is 0 Å². The van der Waals surface area contributed by atoms with Crippen LogP contribution < -0.4 is 0 Å². The van der Waals surface area contributed by atoms with Crippen molar-refractivity contribution in [2.24, 2.45) is 0 Å². The molecule has 5 heteroatoms. The van der Waals surface area contributed by atoms with Crippen molar-refractivity contribution >= 4 is 5.97 Å². The molecule has 2 N–H and O–H groups in total. The molecular weight excluding hydrogens is 208 g/mol. The summed E-state index contributed by atoms with van der Waals surface area (Å²) in [5.41, 5.74) is 1.20. The summed E-state index contributed by atoms with van der Waals surface area (Å²) in [5.74, 6) is -0.981. The molecule has 0 aliphatic carbocycles. The van der Waals surface area contributed by atoms with E-state index in [1.165, 1.54) is 22.9 Å². The Labute approximate surface area is 91.6 Å². The van der Waals surface area contributed by atoms with Crippen LogP contribution in [-0.2, 0) is 0 Å². The number of carboxylic acids is 1. The van der Waals surface area contributed by atoms with Gasteiger partial charge < -0.3 is 10.2 Å². The molecule has 16 heavy (non-hydrogen) atoms. The van der Waals surface area contributed by atoms with Gasteiger partial charge in [0.25, 0.3) is 0 Å². The number of carboxylic acid groups (broad SMARTS) is 1. The average molecular weight is 218 g/mol. The maximum Gasteiger partial charge on any atom is 0.354 e. The van der Waals surface area contributed by atoms with E-state index in [1.807, 2.05) is 0 Å². The van der Waals surface area contributed by atoms with Crippen molar-refractivity contribution < 1.29 is 15.0 Å². The van der Waals surface area contributed by atoms with Crippen LogP contribution in [0.3, 0.4) is 0 Å². The summed E-state index contributed by atoms with van der Waals surface area (Å²) in [7, 11) is 0. The second kappa shape index (κ2) is 3.69. The lowest BCUT2D eigenvalue weighted by Crippen LogP contribution is -2.07. The number of rotatable bonds is 2. The fraction of sp³-hybridized carbons (Fsp3) is 0.0909. The van der Waals surface area contributed by atoms with Crippen LogP contribution in [0.4, 0.5) is 0 Å². The van der Waals surface area contributed by atoms with E-state index in [4.69, 9.17) is 5.11 Å². The molecule has 1 heterocycles. The number of aromatic nitrogens is 2. The Bertz CT molecular complexity index is 546. The molecule has 1 aromatic carbocycles. The van der Waals surface area contributed by atoms with Gasteiger partial charge in [-0.2, -0.15) is 5.10 Å². The number of nitrogens with zero attached hydrogens (tertiary/aromatic N) is 2. The van der Waals surface area contributed by atoms with E-state index in [2.05, 4.69) is 5.10 Å². The highest BCUT2D eigenvalue weighted by Crippen LogP contribution is 2.17. The quantitative estimate of drug-likeness (QED) is 0.802. The fourth-order valence-corrected chi connectivity index (χ4v) is 1.47. The Morgan fingerprint density at radius 3 is 2.75 bits per heavy atom. The first-order chi connectivity index (χ1) is 7.58. The normalized spacial score (nSPS) is 10.3. The van der Waals surface area contributed by atoms with Gasteiger partial charge in [-0.05, 0) is 25.1 Å². The zero-order chi connectivity index (χ0) is 11.7. The van der Waals surface area contributed by atoms with E-state index in [1.54, 1.807) is 19.1 Å². The maximum atomic E-state index is 11.0. The predicted octanol–water partition coefficient (Wildman–Crippen LogP) is 1.58. The molecule has 2 rings (SSSR count). The SMILES string of the molecule is Cc1cc(C(=O)O)n(-c2cccc(O)c2)n1. The number of aromatic hydroxyl groups is 1. The Morgan fingerprint density at radius 1 is 1.38 bits per heavy atom. The summed E-state index contributed by atoms with van der Waals surface area (Å²) >= 11 is 0. The summed E-state index contributed by atoms with van der Waals surface area (Å²) in [6, 6.07) is 7.76. The highest BCUT2D eigenvalue weighted by Gasteiger charge is 2.13. The Morgan fingerprint density at radius 2 is 2.12 bits per heavy atom. The van der Waals surface area contributed by atoms with Crippen LogP contribution in [-0.4, -0.2) is 26.0 Å². The van der Waals surface area contributed by atoms with Crippen molar-refractivity contribution in [3.8, 4) is 11.4 Å². The molecule has 2 aromatic rings. The fourth-order valence-electron chi connectivity index (χ4n) is 1.47. The Hall–Kier alpha value is -2.30. The Kier molecular flexibility index (Phi) is 2.36. The lowest BCUT2D eigenvalue weighted by Gasteiger charge is -2.04. The van der Waals surface area contributed by atoms with Gasteiger partial charge in [0, 0.05) is 6.07 Å². The van der Waals surface area contributed by atoms with Gasteiger partial charge >= 0.3 is 5.97 Å². The van der Waals surface area contributed by atoms with Gasteiger partial charge in [0.05, 0.1) is 11.4 Å². The summed E-state index contributed by atoms with van der Waals surface area (Å²) < 4.78 is 1.29. The van der Waals surface area contributed by atoms with Crippen molar-refractivity contribution in [3.63, 3.8) is 0 Å². The van der Waals surface area contributed by atoms with Crippen LogP contribution >= 0.6 is 0 Å². The number of hydrogen-bond acceptors (Lipinski definition) is 3. The molecule has 0 unspecified atom stereocenters. The minimum atomic E-state index is -1.05. The van der Waals surface area contributed by atoms with E-state index in [9.17, 15) is 9.90 Å². The smallest absolute Gasteiger partial charge is 0.354 e. The zero-order valence-electron chi connectivity index (χ0n) is 8.58. The van der Waals surface area contributed by atoms with Gasteiger partial charge in [0.15, 0.2) is 5.69 Å². The van der Waals surface area contributed by atoms with Gasteiger partial charge in [0.1, 0.15) is 5.75 Å². The number of aromatic carboxylic acids is 1. The number of phenols is 1. The third-order valence-corrected chi connectivity index (χ3v) is 2.12. The van der Waals surface area contributed by atoms with Gasteiger partial charge in [-0.25, -0.2) is 9.48 Å². The topological polar surface area (TPSA) is 75.3 Å². The van der Waals surface area contributed by atoms with E-state index in [-0.39, 0.29) is 11.4 Å². The number of hydrogen-bond donors (Lipinski definition) is 2. The largest absolute Gasteiger partial charge is 0.508 e. The van der Waals surface area contributed by atoms with E-state index in [0.717, 1.165) is 0 Å². The molecule has 0 fully saturated rings. The molecule has 0 atom stereocenters. The number of phenolic OH excluding ortho intramolecular Hbond substituents is 1. The van der Waals surface area contributed by atoms with Crippen molar-refractivity contribution in [2.45, 2.75) is 6.92 Å². The first-order valence-corrected chi connectivity index (χ1v) is 4.67. The third-order valence-electron chi connectivity index (χ3n) is 2.12. The summed E-state index contributed by atoms with van der Waals surface area (Å²) in [6.45, 7) is 1.71. The second-order valence-electron chi connectivity index (χ2n) is 3.41.